The average molecular weight is 633 g/mol. The number of epoxide rings is 1. The number of carbonyl (C=O) groups is 4. The third-order valence-corrected chi connectivity index (χ3v) is 7.04. The molecule has 1 saturated heterocycles. The summed E-state index contributed by atoms with van der Waals surface area (Å²) in [6.45, 7) is 2.08. The summed E-state index contributed by atoms with van der Waals surface area (Å²) in [7, 11) is 0. The van der Waals surface area contributed by atoms with Crippen molar-refractivity contribution in [2.75, 3.05) is 33.0 Å². The van der Waals surface area contributed by atoms with Crippen LogP contribution in [0.4, 0.5) is 0 Å². The first-order valence-electron chi connectivity index (χ1n) is 15.4. The predicted octanol–water partition coefficient (Wildman–Crippen LogP) is 5.34. The zero-order valence-electron chi connectivity index (χ0n) is 25.4. The second-order valence-corrected chi connectivity index (χ2v) is 10.8. The van der Waals surface area contributed by atoms with Gasteiger partial charge in [0.25, 0.3) is 0 Å². The molecule has 1 aliphatic carbocycles. The van der Waals surface area contributed by atoms with Gasteiger partial charge < -0.3 is 33.2 Å². The maximum absolute atomic E-state index is 12.6. The van der Waals surface area contributed by atoms with Crippen molar-refractivity contribution in [1.29, 1.82) is 0 Å². The fourth-order valence-electron chi connectivity index (χ4n) is 4.13. The Kier molecular flexibility index (Phi) is 11.6. The van der Waals surface area contributed by atoms with E-state index in [-0.39, 0.29) is 24.0 Å². The fraction of sp³-hybridized carbons (Fsp3) is 0.371. The largest absolute Gasteiger partial charge is 0.494 e. The molecule has 0 aromatic heterocycles. The summed E-state index contributed by atoms with van der Waals surface area (Å²) in [6.07, 6.45) is 4.34. The second-order valence-electron chi connectivity index (χ2n) is 10.8. The summed E-state index contributed by atoms with van der Waals surface area (Å²) in [5, 5.41) is 0. The van der Waals surface area contributed by atoms with Crippen molar-refractivity contribution in [2.24, 2.45) is 5.92 Å². The predicted molar refractivity (Wildman–Crippen MR) is 163 cm³/mol. The Bertz CT molecular complexity index is 1350. The van der Waals surface area contributed by atoms with Gasteiger partial charge in [0.05, 0.1) is 50.1 Å². The summed E-state index contributed by atoms with van der Waals surface area (Å²) in [5.74, 6) is 0.427. The number of esters is 4. The van der Waals surface area contributed by atoms with Crippen molar-refractivity contribution in [1.82, 2.24) is 0 Å². The normalized spacial score (nSPS) is 14.9. The van der Waals surface area contributed by atoms with Crippen molar-refractivity contribution < 1.29 is 52.3 Å². The SMILES string of the molecule is O=C(Oc1ccc(OC(=O)c2ccc(OCCCCOC(=O)C3CO3)cc2)cc1)c1ccc(OCCCCOC(=O)C2CC2)cc1. The lowest BCUT2D eigenvalue weighted by atomic mass is 10.2. The molecule has 46 heavy (non-hydrogen) atoms. The number of ether oxygens (including phenoxy) is 7. The first kappa shape index (κ1) is 32.5. The van der Waals surface area contributed by atoms with Crippen LogP contribution in [0.3, 0.4) is 0 Å². The molecule has 1 unspecified atom stereocenters. The van der Waals surface area contributed by atoms with Crippen LogP contribution in [-0.2, 0) is 23.8 Å². The molecule has 1 atom stereocenters. The Labute approximate surface area is 266 Å². The van der Waals surface area contributed by atoms with E-state index in [1.54, 1.807) is 48.5 Å². The molecule has 11 nitrogen and oxygen atoms in total. The number of hydrogen-bond acceptors (Lipinski definition) is 11. The Hall–Kier alpha value is -4.90. The van der Waals surface area contributed by atoms with E-state index in [9.17, 15) is 19.2 Å². The quantitative estimate of drug-likeness (QED) is 0.0778. The Morgan fingerprint density at radius 2 is 0.935 bits per heavy atom. The second kappa shape index (κ2) is 16.4. The van der Waals surface area contributed by atoms with Crippen LogP contribution in [0.5, 0.6) is 23.0 Å². The van der Waals surface area contributed by atoms with Crippen molar-refractivity contribution in [3.05, 3.63) is 83.9 Å². The van der Waals surface area contributed by atoms with Crippen LogP contribution in [0.25, 0.3) is 0 Å². The minimum Gasteiger partial charge on any atom is -0.494 e. The molecule has 3 aromatic rings. The molecule has 0 amide bonds. The first-order chi connectivity index (χ1) is 22.4. The van der Waals surface area contributed by atoms with E-state index in [1.165, 1.54) is 24.3 Å². The summed E-state index contributed by atoms with van der Waals surface area (Å²) >= 11 is 0. The van der Waals surface area contributed by atoms with Gasteiger partial charge in [0.2, 0.25) is 0 Å². The van der Waals surface area contributed by atoms with Gasteiger partial charge in [-0.25, -0.2) is 14.4 Å². The summed E-state index contributed by atoms with van der Waals surface area (Å²) in [6, 6.07) is 19.4. The van der Waals surface area contributed by atoms with Crippen LogP contribution in [0.2, 0.25) is 0 Å². The van der Waals surface area contributed by atoms with Crippen molar-refractivity contribution >= 4 is 23.9 Å². The highest BCUT2D eigenvalue weighted by atomic mass is 16.6. The zero-order valence-corrected chi connectivity index (χ0v) is 25.4. The highest BCUT2D eigenvalue weighted by Gasteiger charge is 2.32. The van der Waals surface area contributed by atoms with E-state index in [0.29, 0.717) is 80.0 Å². The lowest BCUT2D eigenvalue weighted by Crippen LogP contribution is -2.12. The molecule has 242 valence electrons. The van der Waals surface area contributed by atoms with E-state index < -0.39 is 11.9 Å². The standard InChI is InChI=1S/C35H36O11/c36-32(24-5-6-24)42-21-3-1-19-40-27-11-7-25(8-12-27)33(37)45-29-15-17-30(18-16-29)46-34(38)26-9-13-28(14-10-26)41-20-2-4-22-43-35(39)31-23-44-31/h7-18,24,31H,1-6,19-23H2. The molecule has 0 spiro atoms. The maximum atomic E-state index is 12.6. The third-order valence-electron chi connectivity index (χ3n) is 7.04. The van der Waals surface area contributed by atoms with Crippen LogP contribution in [-0.4, -0.2) is 63.0 Å². The first-order valence-corrected chi connectivity index (χ1v) is 15.4. The molecule has 11 heteroatoms. The summed E-state index contributed by atoms with van der Waals surface area (Å²) in [5.41, 5.74) is 0.700. The average Bonchev–Trinajstić information content (AvgIpc) is 3.99. The highest BCUT2D eigenvalue weighted by molar-refractivity contribution is 5.92. The molecule has 1 heterocycles. The fourth-order valence-corrected chi connectivity index (χ4v) is 4.13. The van der Waals surface area contributed by atoms with Crippen LogP contribution in [0.1, 0.15) is 59.2 Å². The van der Waals surface area contributed by atoms with Gasteiger partial charge in [-0.15, -0.1) is 0 Å². The van der Waals surface area contributed by atoms with Gasteiger partial charge in [-0.1, -0.05) is 0 Å². The van der Waals surface area contributed by atoms with E-state index in [4.69, 9.17) is 33.2 Å². The molecular formula is C35H36O11. The summed E-state index contributed by atoms with van der Waals surface area (Å²) < 4.78 is 37.4. The lowest BCUT2D eigenvalue weighted by Gasteiger charge is -2.09. The maximum Gasteiger partial charge on any atom is 0.343 e. The Balaban J connectivity index is 0.965. The third kappa shape index (κ3) is 10.6. The van der Waals surface area contributed by atoms with E-state index in [1.807, 2.05) is 0 Å². The minimum atomic E-state index is -0.544. The van der Waals surface area contributed by atoms with Crippen LogP contribution < -0.4 is 18.9 Å². The number of rotatable bonds is 18. The van der Waals surface area contributed by atoms with E-state index >= 15 is 0 Å². The molecule has 2 fully saturated rings. The topological polar surface area (TPSA) is 136 Å². The van der Waals surface area contributed by atoms with Crippen LogP contribution >= 0.6 is 0 Å². The van der Waals surface area contributed by atoms with Gasteiger partial charge in [0, 0.05) is 0 Å². The van der Waals surface area contributed by atoms with Crippen molar-refractivity contribution in [2.45, 2.75) is 44.6 Å². The zero-order chi connectivity index (χ0) is 32.1. The van der Waals surface area contributed by atoms with E-state index in [0.717, 1.165) is 25.7 Å². The van der Waals surface area contributed by atoms with Gasteiger partial charge in [-0.05, 0) is 111 Å². The molecule has 3 aromatic carbocycles. The monoisotopic (exact) mass is 632 g/mol. The lowest BCUT2D eigenvalue weighted by molar-refractivity contribution is -0.146. The van der Waals surface area contributed by atoms with Gasteiger partial charge in [-0.3, -0.25) is 4.79 Å². The molecule has 2 aliphatic rings. The molecule has 0 radical (unpaired) electrons. The molecular weight excluding hydrogens is 596 g/mol. The number of benzene rings is 3. The van der Waals surface area contributed by atoms with Gasteiger partial charge in [0.1, 0.15) is 23.0 Å². The molecule has 0 N–H and O–H groups in total. The molecule has 1 saturated carbocycles. The van der Waals surface area contributed by atoms with Crippen LogP contribution in [0, 0.1) is 5.92 Å². The van der Waals surface area contributed by atoms with Gasteiger partial charge in [0.15, 0.2) is 6.10 Å². The smallest absolute Gasteiger partial charge is 0.343 e. The number of carbonyl (C=O) groups excluding carboxylic acids is 4. The molecule has 0 bridgehead atoms. The van der Waals surface area contributed by atoms with Gasteiger partial charge in [-0.2, -0.15) is 0 Å². The number of unbranched alkanes of at least 4 members (excludes halogenated alkanes) is 2. The Morgan fingerprint density at radius 3 is 1.35 bits per heavy atom. The molecule has 1 aliphatic heterocycles. The Morgan fingerprint density at radius 1 is 0.543 bits per heavy atom. The highest BCUT2D eigenvalue weighted by Crippen LogP contribution is 2.30. The molecule has 5 rings (SSSR count). The van der Waals surface area contributed by atoms with Crippen molar-refractivity contribution in [3.63, 3.8) is 0 Å². The number of hydrogen-bond donors (Lipinski definition) is 0. The van der Waals surface area contributed by atoms with Crippen molar-refractivity contribution in [3.8, 4) is 23.0 Å². The van der Waals surface area contributed by atoms with Crippen LogP contribution in [0.15, 0.2) is 72.8 Å². The summed E-state index contributed by atoms with van der Waals surface area (Å²) in [4.78, 5) is 48.1. The minimum absolute atomic E-state index is 0.0978. The van der Waals surface area contributed by atoms with E-state index in [2.05, 4.69) is 0 Å². The van der Waals surface area contributed by atoms with Gasteiger partial charge >= 0.3 is 23.9 Å².